The highest BCUT2D eigenvalue weighted by atomic mass is 19.1. The van der Waals surface area contributed by atoms with Crippen molar-refractivity contribution in [3.8, 4) is 5.75 Å². The Labute approximate surface area is 139 Å². The van der Waals surface area contributed by atoms with Gasteiger partial charge in [0.15, 0.2) is 0 Å². The standard InChI is InChI=1S/C18H19FN2O3/c1-2-10-24-16-9-4-3-8-15(16)21-17(22)12-20-18(23)13-6-5-7-14(19)11-13/h3-9,11H,2,10,12H2,1H3,(H,20,23)(H,21,22). The molecule has 2 amide bonds. The van der Waals surface area contributed by atoms with Gasteiger partial charge in [0, 0.05) is 5.56 Å². The molecule has 5 nitrogen and oxygen atoms in total. The maximum Gasteiger partial charge on any atom is 0.251 e. The number of anilines is 1. The first-order valence-corrected chi connectivity index (χ1v) is 7.65. The van der Waals surface area contributed by atoms with E-state index in [2.05, 4.69) is 10.6 Å². The van der Waals surface area contributed by atoms with Crippen molar-refractivity contribution in [1.82, 2.24) is 5.32 Å². The third-order valence-corrected chi connectivity index (χ3v) is 3.12. The SMILES string of the molecule is CCCOc1ccccc1NC(=O)CNC(=O)c1cccc(F)c1. The predicted octanol–water partition coefficient (Wildman–Crippen LogP) is 2.98. The number of nitrogens with one attached hydrogen (secondary N) is 2. The van der Waals surface area contributed by atoms with E-state index in [4.69, 9.17) is 4.74 Å². The molecule has 6 heteroatoms. The zero-order valence-corrected chi connectivity index (χ0v) is 13.3. The number of hydrogen-bond donors (Lipinski definition) is 2. The molecule has 0 radical (unpaired) electrons. The van der Waals surface area contributed by atoms with Crippen molar-refractivity contribution in [3.05, 3.63) is 59.9 Å². The number of carbonyl (C=O) groups excluding carboxylic acids is 2. The second-order valence-corrected chi connectivity index (χ2v) is 5.09. The van der Waals surface area contributed by atoms with E-state index in [1.165, 1.54) is 18.2 Å². The van der Waals surface area contributed by atoms with Gasteiger partial charge in [0.2, 0.25) is 5.91 Å². The van der Waals surface area contributed by atoms with Crippen LogP contribution < -0.4 is 15.4 Å². The van der Waals surface area contributed by atoms with Gasteiger partial charge in [0.1, 0.15) is 11.6 Å². The molecule has 0 fully saturated rings. The molecular formula is C18H19FN2O3. The van der Waals surface area contributed by atoms with E-state index in [-0.39, 0.29) is 12.1 Å². The minimum Gasteiger partial charge on any atom is -0.491 e. The molecule has 2 aromatic rings. The highest BCUT2D eigenvalue weighted by Gasteiger charge is 2.11. The van der Waals surface area contributed by atoms with Gasteiger partial charge >= 0.3 is 0 Å². The Kier molecular flexibility index (Phi) is 6.31. The van der Waals surface area contributed by atoms with E-state index in [0.29, 0.717) is 18.0 Å². The van der Waals surface area contributed by atoms with Crippen LogP contribution in [0.4, 0.5) is 10.1 Å². The molecule has 126 valence electrons. The molecular weight excluding hydrogens is 311 g/mol. The fourth-order valence-corrected chi connectivity index (χ4v) is 1.99. The molecule has 0 atom stereocenters. The number of benzene rings is 2. The average Bonchev–Trinajstić information content (AvgIpc) is 2.59. The van der Waals surface area contributed by atoms with Crippen LogP contribution in [0.5, 0.6) is 5.75 Å². The van der Waals surface area contributed by atoms with Crippen LogP contribution in [-0.4, -0.2) is 25.0 Å². The van der Waals surface area contributed by atoms with E-state index < -0.39 is 17.6 Å². The largest absolute Gasteiger partial charge is 0.491 e. The van der Waals surface area contributed by atoms with Crippen LogP contribution in [0.25, 0.3) is 0 Å². The number of hydrogen-bond acceptors (Lipinski definition) is 3. The highest BCUT2D eigenvalue weighted by Crippen LogP contribution is 2.23. The summed E-state index contributed by atoms with van der Waals surface area (Å²) in [4.78, 5) is 23.9. The summed E-state index contributed by atoms with van der Waals surface area (Å²) >= 11 is 0. The quantitative estimate of drug-likeness (QED) is 0.820. The Morgan fingerprint density at radius 3 is 2.67 bits per heavy atom. The second-order valence-electron chi connectivity index (χ2n) is 5.09. The first-order valence-electron chi connectivity index (χ1n) is 7.65. The smallest absolute Gasteiger partial charge is 0.251 e. The summed E-state index contributed by atoms with van der Waals surface area (Å²) in [5, 5.41) is 5.14. The van der Waals surface area contributed by atoms with Crippen molar-refractivity contribution >= 4 is 17.5 Å². The molecule has 0 saturated heterocycles. The maximum absolute atomic E-state index is 13.1. The number of ether oxygens (including phenoxy) is 1. The van der Waals surface area contributed by atoms with Gasteiger partial charge in [-0.25, -0.2) is 4.39 Å². The Morgan fingerprint density at radius 2 is 1.92 bits per heavy atom. The van der Waals surface area contributed by atoms with E-state index in [1.54, 1.807) is 18.2 Å². The normalized spacial score (nSPS) is 10.1. The first kappa shape index (κ1) is 17.5. The molecule has 2 N–H and O–H groups in total. The molecule has 24 heavy (non-hydrogen) atoms. The maximum atomic E-state index is 13.1. The third kappa shape index (κ3) is 5.08. The van der Waals surface area contributed by atoms with Crippen LogP contribution in [0.2, 0.25) is 0 Å². The summed E-state index contributed by atoms with van der Waals surface area (Å²) in [7, 11) is 0. The van der Waals surface area contributed by atoms with E-state index in [1.807, 2.05) is 13.0 Å². The van der Waals surface area contributed by atoms with Crippen LogP contribution in [0, 0.1) is 5.82 Å². The average molecular weight is 330 g/mol. The summed E-state index contributed by atoms with van der Waals surface area (Å²) in [6.07, 6.45) is 0.853. The lowest BCUT2D eigenvalue weighted by molar-refractivity contribution is -0.115. The molecule has 0 heterocycles. The summed E-state index contributed by atoms with van der Waals surface area (Å²) in [5.74, 6) is -0.842. The van der Waals surface area contributed by atoms with Crippen molar-refractivity contribution in [1.29, 1.82) is 0 Å². The van der Waals surface area contributed by atoms with Crippen molar-refractivity contribution < 1.29 is 18.7 Å². The predicted molar refractivity (Wildman–Crippen MR) is 89.6 cm³/mol. The zero-order valence-electron chi connectivity index (χ0n) is 13.3. The Bertz CT molecular complexity index is 719. The summed E-state index contributed by atoms with van der Waals surface area (Å²) in [5.41, 5.74) is 0.699. The molecule has 2 rings (SSSR count). The molecule has 0 unspecified atom stereocenters. The highest BCUT2D eigenvalue weighted by molar-refractivity contribution is 5.99. The van der Waals surface area contributed by atoms with Gasteiger partial charge in [-0.3, -0.25) is 9.59 Å². The van der Waals surface area contributed by atoms with Gasteiger partial charge in [-0.1, -0.05) is 25.1 Å². The molecule has 0 spiro atoms. The van der Waals surface area contributed by atoms with E-state index in [9.17, 15) is 14.0 Å². The number of carbonyl (C=O) groups is 2. The van der Waals surface area contributed by atoms with Gasteiger partial charge < -0.3 is 15.4 Å². The van der Waals surface area contributed by atoms with Crippen LogP contribution in [0.1, 0.15) is 23.7 Å². The lowest BCUT2D eigenvalue weighted by atomic mass is 10.2. The van der Waals surface area contributed by atoms with E-state index in [0.717, 1.165) is 12.5 Å². The number of amides is 2. The molecule has 0 saturated carbocycles. The fraction of sp³-hybridized carbons (Fsp3) is 0.222. The zero-order chi connectivity index (χ0) is 17.4. The van der Waals surface area contributed by atoms with Crippen LogP contribution in [-0.2, 0) is 4.79 Å². The van der Waals surface area contributed by atoms with Gasteiger partial charge in [0.05, 0.1) is 18.8 Å². The van der Waals surface area contributed by atoms with Crippen molar-refractivity contribution in [2.24, 2.45) is 0 Å². The summed E-state index contributed by atoms with van der Waals surface area (Å²) < 4.78 is 18.6. The molecule has 0 aromatic heterocycles. The molecule has 0 aliphatic heterocycles. The van der Waals surface area contributed by atoms with Gasteiger partial charge in [-0.2, -0.15) is 0 Å². The molecule has 0 bridgehead atoms. The number of halogens is 1. The second kappa shape index (κ2) is 8.67. The Morgan fingerprint density at radius 1 is 1.12 bits per heavy atom. The topological polar surface area (TPSA) is 67.4 Å². The first-order chi connectivity index (χ1) is 11.6. The minimum atomic E-state index is -0.514. The van der Waals surface area contributed by atoms with Crippen molar-refractivity contribution in [2.45, 2.75) is 13.3 Å². The Hall–Kier alpha value is -2.89. The van der Waals surface area contributed by atoms with Crippen LogP contribution in [0.15, 0.2) is 48.5 Å². The monoisotopic (exact) mass is 330 g/mol. The molecule has 0 aliphatic carbocycles. The fourth-order valence-electron chi connectivity index (χ4n) is 1.99. The lowest BCUT2D eigenvalue weighted by Gasteiger charge is -2.12. The number of rotatable bonds is 7. The molecule has 2 aromatic carbocycles. The van der Waals surface area contributed by atoms with Gasteiger partial charge in [0.25, 0.3) is 5.91 Å². The van der Waals surface area contributed by atoms with Crippen molar-refractivity contribution in [3.63, 3.8) is 0 Å². The van der Waals surface area contributed by atoms with Crippen LogP contribution >= 0.6 is 0 Å². The summed E-state index contributed by atoms with van der Waals surface area (Å²) in [6.45, 7) is 2.31. The Balaban J connectivity index is 1.91. The van der Waals surface area contributed by atoms with Gasteiger partial charge in [-0.15, -0.1) is 0 Å². The minimum absolute atomic E-state index is 0.162. The lowest BCUT2D eigenvalue weighted by Crippen LogP contribution is -2.33. The summed E-state index contributed by atoms with van der Waals surface area (Å²) in [6, 6.07) is 12.3. The van der Waals surface area contributed by atoms with Crippen molar-refractivity contribution in [2.75, 3.05) is 18.5 Å². The van der Waals surface area contributed by atoms with E-state index >= 15 is 0 Å². The molecule has 0 aliphatic rings. The third-order valence-electron chi connectivity index (χ3n) is 3.12. The number of para-hydroxylation sites is 2. The van der Waals surface area contributed by atoms with Gasteiger partial charge in [-0.05, 0) is 36.8 Å². The van der Waals surface area contributed by atoms with Crippen LogP contribution in [0.3, 0.4) is 0 Å².